The third-order valence-corrected chi connectivity index (χ3v) is 3.18. The molecule has 1 atom stereocenters. The van der Waals surface area contributed by atoms with E-state index in [1.165, 1.54) is 14.0 Å². The van der Waals surface area contributed by atoms with Crippen molar-refractivity contribution in [3.8, 4) is 5.75 Å². The van der Waals surface area contributed by atoms with Crippen molar-refractivity contribution in [2.45, 2.75) is 26.7 Å². The predicted octanol–water partition coefficient (Wildman–Crippen LogP) is 1.97. The van der Waals surface area contributed by atoms with Crippen molar-refractivity contribution < 1.29 is 14.3 Å². The summed E-state index contributed by atoms with van der Waals surface area (Å²) in [4.78, 5) is 23.1. The van der Waals surface area contributed by atoms with Crippen LogP contribution >= 0.6 is 0 Å². The fourth-order valence-electron chi connectivity index (χ4n) is 1.94. The third-order valence-electron chi connectivity index (χ3n) is 3.18. The Balaban J connectivity index is 2.84. The van der Waals surface area contributed by atoms with Crippen LogP contribution in [0.2, 0.25) is 0 Å². The molecule has 0 aliphatic heterocycles. The van der Waals surface area contributed by atoms with Gasteiger partial charge in [-0.15, -0.1) is 0 Å². The topological polar surface area (TPSA) is 93.5 Å². The van der Waals surface area contributed by atoms with Gasteiger partial charge in [-0.25, -0.2) is 0 Å². The molecule has 0 spiro atoms. The molecule has 1 unspecified atom stereocenters. The van der Waals surface area contributed by atoms with Crippen molar-refractivity contribution in [3.63, 3.8) is 0 Å². The minimum absolute atomic E-state index is 0.120. The number of ether oxygens (including phenoxy) is 1. The Morgan fingerprint density at radius 3 is 2.57 bits per heavy atom. The summed E-state index contributed by atoms with van der Waals surface area (Å²) >= 11 is 0. The molecule has 6 heteroatoms. The molecule has 21 heavy (non-hydrogen) atoms. The van der Waals surface area contributed by atoms with Crippen LogP contribution in [0, 0.1) is 5.92 Å². The van der Waals surface area contributed by atoms with Gasteiger partial charge < -0.3 is 21.1 Å². The summed E-state index contributed by atoms with van der Waals surface area (Å²) in [6, 6.07) is 5.08. The van der Waals surface area contributed by atoms with Crippen molar-refractivity contribution in [3.05, 3.63) is 18.2 Å². The van der Waals surface area contributed by atoms with E-state index in [9.17, 15) is 9.59 Å². The van der Waals surface area contributed by atoms with Gasteiger partial charge in [0.05, 0.1) is 12.8 Å². The monoisotopic (exact) mass is 293 g/mol. The molecule has 4 N–H and O–H groups in total. The molecule has 0 bridgehead atoms. The number of nitrogens with two attached hydrogens (primary N) is 1. The molecule has 1 rings (SSSR count). The number of nitrogens with one attached hydrogen (secondary N) is 2. The van der Waals surface area contributed by atoms with E-state index >= 15 is 0 Å². The van der Waals surface area contributed by atoms with E-state index in [0.717, 1.165) is 6.42 Å². The Morgan fingerprint density at radius 1 is 1.33 bits per heavy atom. The van der Waals surface area contributed by atoms with Gasteiger partial charge in [0.1, 0.15) is 5.75 Å². The first kappa shape index (κ1) is 17.0. The Labute approximate surface area is 125 Å². The second-order valence-corrected chi connectivity index (χ2v) is 4.86. The molecule has 0 aliphatic rings. The number of benzene rings is 1. The maximum Gasteiger partial charge on any atom is 0.224 e. The van der Waals surface area contributed by atoms with Gasteiger partial charge in [0.2, 0.25) is 11.8 Å². The lowest BCUT2D eigenvalue weighted by molar-refractivity contribution is -0.117. The molecule has 0 aromatic heterocycles. The van der Waals surface area contributed by atoms with Gasteiger partial charge in [-0.05, 0) is 30.7 Å². The molecule has 2 amide bonds. The van der Waals surface area contributed by atoms with E-state index in [1.807, 2.05) is 6.92 Å². The lowest BCUT2D eigenvalue weighted by atomic mass is 10.0. The number of amides is 2. The molecule has 0 saturated heterocycles. The zero-order valence-electron chi connectivity index (χ0n) is 12.7. The van der Waals surface area contributed by atoms with Gasteiger partial charge >= 0.3 is 0 Å². The SMILES string of the molecule is CCC(CN)CC(=O)Nc1cc(NC(C)=O)ccc1OC. The summed E-state index contributed by atoms with van der Waals surface area (Å²) in [5, 5.41) is 5.47. The zero-order valence-corrected chi connectivity index (χ0v) is 12.7. The molecule has 6 nitrogen and oxygen atoms in total. The van der Waals surface area contributed by atoms with E-state index in [1.54, 1.807) is 18.2 Å². The first-order valence-electron chi connectivity index (χ1n) is 6.95. The zero-order chi connectivity index (χ0) is 15.8. The van der Waals surface area contributed by atoms with Crippen LogP contribution in [0.3, 0.4) is 0 Å². The van der Waals surface area contributed by atoms with Crippen LogP contribution in [-0.4, -0.2) is 25.5 Å². The largest absolute Gasteiger partial charge is 0.495 e. The number of hydrogen-bond acceptors (Lipinski definition) is 4. The molecule has 116 valence electrons. The highest BCUT2D eigenvalue weighted by Gasteiger charge is 2.13. The van der Waals surface area contributed by atoms with Crippen LogP contribution in [-0.2, 0) is 9.59 Å². The van der Waals surface area contributed by atoms with Gasteiger partial charge in [-0.2, -0.15) is 0 Å². The lowest BCUT2D eigenvalue weighted by Crippen LogP contribution is -2.22. The van der Waals surface area contributed by atoms with Crippen LogP contribution in [0.4, 0.5) is 11.4 Å². The van der Waals surface area contributed by atoms with Crippen LogP contribution in [0.25, 0.3) is 0 Å². The number of rotatable bonds is 7. The Morgan fingerprint density at radius 2 is 2.05 bits per heavy atom. The number of anilines is 2. The smallest absolute Gasteiger partial charge is 0.224 e. The molecular weight excluding hydrogens is 270 g/mol. The number of methoxy groups -OCH3 is 1. The highest BCUT2D eigenvalue weighted by atomic mass is 16.5. The van der Waals surface area contributed by atoms with E-state index in [4.69, 9.17) is 10.5 Å². The number of hydrogen-bond donors (Lipinski definition) is 3. The van der Waals surface area contributed by atoms with Crippen molar-refractivity contribution in [2.24, 2.45) is 11.7 Å². The third kappa shape index (κ3) is 5.43. The second kappa shape index (κ2) is 8.26. The average molecular weight is 293 g/mol. The normalized spacial score (nSPS) is 11.6. The average Bonchev–Trinajstić information content (AvgIpc) is 2.44. The molecular formula is C15H23N3O3. The minimum Gasteiger partial charge on any atom is -0.495 e. The van der Waals surface area contributed by atoms with Crippen LogP contribution in [0.1, 0.15) is 26.7 Å². The minimum atomic E-state index is -0.174. The molecule has 0 radical (unpaired) electrons. The maximum atomic E-state index is 12.0. The second-order valence-electron chi connectivity index (χ2n) is 4.86. The molecule has 1 aromatic carbocycles. The standard InChI is InChI=1S/C15H23N3O3/c1-4-11(9-16)7-15(20)18-13-8-12(17-10(2)19)5-6-14(13)21-3/h5-6,8,11H,4,7,9,16H2,1-3H3,(H,17,19)(H,18,20). The summed E-state index contributed by atoms with van der Waals surface area (Å²) in [6.07, 6.45) is 1.22. The summed E-state index contributed by atoms with van der Waals surface area (Å²) in [7, 11) is 1.53. The Hall–Kier alpha value is -2.08. The molecule has 0 saturated carbocycles. The predicted molar refractivity (Wildman–Crippen MR) is 83.4 cm³/mol. The number of carbonyl (C=O) groups is 2. The van der Waals surface area contributed by atoms with Gasteiger partial charge in [0.15, 0.2) is 0 Å². The summed E-state index contributed by atoms with van der Waals surface area (Å²) in [5.41, 5.74) is 6.74. The van der Waals surface area contributed by atoms with Crippen LogP contribution in [0.15, 0.2) is 18.2 Å². The molecule has 0 aliphatic carbocycles. The first-order valence-corrected chi connectivity index (χ1v) is 6.95. The fourth-order valence-corrected chi connectivity index (χ4v) is 1.94. The quantitative estimate of drug-likeness (QED) is 0.716. The maximum absolute atomic E-state index is 12.0. The van der Waals surface area contributed by atoms with Crippen molar-refractivity contribution in [1.29, 1.82) is 0 Å². The summed E-state index contributed by atoms with van der Waals surface area (Å²) < 4.78 is 5.21. The summed E-state index contributed by atoms with van der Waals surface area (Å²) in [5.74, 6) is 0.407. The highest BCUT2D eigenvalue weighted by Crippen LogP contribution is 2.28. The number of carbonyl (C=O) groups excluding carboxylic acids is 2. The first-order chi connectivity index (χ1) is 9.99. The van der Waals surface area contributed by atoms with Crippen molar-refractivity contribution >= 4 is 23.2 Å². The van der Waals surface area contributed by atoms with E-state index in [2.05, 4.69) is 10.6 Å². The van der Waals surface area contributed by atoms with E-state index in [-0.39, 0.29) is 17.7 Å². The Kier molecular flexibility index (Phi) is 6.68. The highest BCUT2D eigenvalue weighted by molar-refractivity contribution is 5.95. The van der Waals surface area contributed by atoms with Gasteiger partial charge in [-0.1, -0.05) is 13.3 Å². The van der Waals surface area contributed by atoms with Crippen LogP contribution < -0.4 is 21.1 Å². The summed E-state index contributed by atoms with van der Waals surface area (Å²) in [6.45, 7) is 3.91. The van der Waals surface area contributed by atoms with Gasteiger partial charge in [-0.3, -0.25) is 9.59 Å². The van der Waals surface area contributed by atoms with Crippen LogP contribution in [0.5, 0.6) is 5.75 Å². The van der Waals surface area contributed by atoms with Crippen molar-refractivity contribution in [1.82, 2.24) is 0 Å². The fraction of sp³-hybridized carbons (Fsp3) is 0.467. The van der Waals surface area contributed by atoms with Gasteiger partial charge in [0, 0.05) is 19.0 Å². The lowest BCUT2D eigenvalue weighted by Gasteiger charge is -2.15. The van der Waals surface area contributed by atoms with Gasteiger partial charge in [0.25, 0.3) is 0 Å². The molecule has 1 aromatic rings. The Bertz CT molecular complexity index is 499. The molecule has 0 fully saturated rings. The van der Waals surface area contributed by atoms with E-state index < -0.39 is 0 Å². The van der Waals surface area contributed by atoms with E-state index in [0.29, 0.717) is 30.1 Å². The van der Waals surface area contributed by atoms with Crippen molar-refractivity contribution in [2.75, 3.05) is 24.3 Å². The molecule has 0 heterocycles.